The van der Waals surface area contributed by atoms with E-state index in [2.05, 4.69) is 5.32 Å². The van der Waals surface area contributed by atoms with Crippen molar-refractivity contribution >= 4 is 0 Å². The molecule has 1 saturated heterocycles. The van der Waals surface area contributed by atoms with Gasteiger partial charge in [0.05, 0.1) is 0 Å². The summed E-state index contributed by atoms with van der Waals surface area (Å²) < 4.78 is 23.8. The number of benzene rings is 1. The third-order valence-corrected chi connectivity index (χ3v) is 2.95. The summed E-state index contributed by atoms with van der Waals surface area (Å²) in [6.45, 7) is 2.23. The highest BCUT2D eigenvalue weighted by Gasteiger charge is 2.34. The van der Waals surface area contributed by atoms with E-state index in [9.17, 15) is 4.39 Å². The molecule has 1 unspecified atom stereocenters. The lowest BCUT2D eigenvalue weighted by Gasteiger charge is -2.26. The van der Waals surface area contributed by atoms with E-state index < -0.39 is 0 Å². The molecule has 0 radical (unpaired) electrons. The van der Waals surface area contributed by atoms with Crippen LogP contribution in [0.1, 0.15) is 6.42 Å². The van der Waals surface area contributed by atoms with Crippen LogP contribution in [-0.2, 0) is 4.74 Å². The van der Waals surface area contributed by atoms with Gasteiger partial charge in [0.25, 0.3) is 0 Å². The molecule has 88 valence electrons. The first-order valence-corrected chi connectivity index (χ1v) is 5.38. The fraction of sp³-hybridized carbons (Fsp3) is 0.500. The second-order valence-corrected chi connectivity index (χ2v) is 4.06. The van der Waals surface area contributed by atoms with Crippen LogP contribution < -0.4 is 10.1 Å². The molecule has 0 spiro atoms. The number of hydrogen-bond acceptors (Lipinski definition) is 3. The zero-order chi connectivity index (χ0) is 11.4. The molecule has 1 aliphatic heterocycles. The second-order valence-electron chi connectivity index (χ2n) is 4.06. The quantitative estimate of drug-likeness (QED) is 0.844. The average Bonchev–Trinajstić information content (AvgIpc) is 2.78. The summed E-state index contributed by atoms with van der Waals surface area (Å²) in [6, 6.07) is 6.03. The van der Waals surface area contributed by atoms with E-state index in [1.165, 1.54) is 12.1 Å². The van der Waals surface area contributed by atoms with Crippen LogP contribution in [0.5, 0.6) is 5.75 Å². The van der Waals surface area contributed by atoms with Crippen molar-refractivity contribution in [1.29, 1.82) is 0 Å². The van der Waals surface area contributed by atoms with Crippen LogP contribution in [0.4, 0.5) is 4.39 Å². The van der Waals surface area contributed by atoms with Gasteiger partial charge in [-0.15, -0.1) is 0 Å². The Balaban J connectivity index is 1.93. The monoisotopic (exact) mass is 225 g/mol. The Morgan fingerprint density at radius 2 is 2.12 bits per heavy atom. The number of nitrogens with one attached hydrogen (secondary N) is 1. The van der Waals surface area contributed by atoms with Crippen LogP contribution in [0.25, 0.3) is 0 Å². The fourth-order valence-electron chi connectivity index (χ4n) is 1.82. The van der Waals surface area contributed by atoms with Crippen LogP contribution >= 0.6 is 0 Å². The molecule has 1 aliphatic rings. The SMILES string of the molecule is COC1(COc2ccc(F)cc2)CCNC1. The Labute approximate surface area is 94.6 Å². The van der Waals surface area contributed by atoms with E-state index in [0.29, 0.717) is 12.4 Å². The predicted molar refractivity (Wildman–Crippen MR) is 59.1 cm³/mol. The Hall–Kier alpha value is -1.13. The van der Waals surface area contributed by atoms with E-state index in [1.807, 2.05) is 0 Å². The van der Waals surface area contributed by atoms with E-state index in [-0.39, 0.29) is 11.4 Å². The molecule has 0 saturated carbocycles. The minimum Gasteiger partial charge on any atom is -0.491 e. The zero-order valence-corrected chi connectivity index (χ0v) is 9.33. The van der Waals surface area contributed by atoms with Crippen molar-refractivity contribution in [3.8, 4) is 5.75 Å². The summed E-state index contributed by atoms with van der Waals surface area (Å²) in [6.07, 6.45) is 0.935. The Kier molecular flexibility index (Phi) is 3.41. The number of methoxy groups -OCH3 is 1. The van der Waals surface area contributed by atoms with Crippen molar-refractivity contribution in [2.75, 3.05) is 26.8 Å². The summed E-state index contributed by atoms with van der Waals surface area (Å²) in [7, 11) is 1.70. The van der Waals surface area contributed by atoms with E-state index in [0.717, 1.165) is 19.5 Å². The van der Waals surface area contributed by atoms with Crippen LogP contribution in [0, 0.1) is 5.82 Å². The molecular formula is C12H16FNO2. The van der Waals surface area contributed by atoms with E-state index in [1.54, 1.807) is 19.2 Å². The third kappa shape index (κ3) is 2.51. The van der Waals surface area contributed by atoms with Gasteiger partial charge in [-0.1, -0.05) is 0 Å². The van der Waals surface area contributed by atoms with Crippen molar-refractivity contribution in [3.63, 3.8) is 0 Å². The van der Waals surface area contributed by atoms with Gasteiger partial charge in [-0.2, -0.15) is 0 Å². The lowest BCUT2D eigenvalue weighted by atomic mass is 10.1. The average molecular weight is 225 g/mol. The largest absolute Gasteiger partial charge is 0.491 e. The molecule has 1 N–H and O–H groups in total. The third-order valence-electron chi connectivity index (χ3n) is 2.95. The molecule has 0 aliphatic carbocycles. The van der Waals surface area contributed by atoms with Crippen LogP contribution in [0.2, 0.25) is 0 Å². The van der Waals surface area contributed by atoms with Gasteiger partial charge in [0.15, 0.2) is 0 Å². The standard InChI is InChI=1S/C12H16FNO2/c1-15-12(6-7-14-8-12)9-16-11-4-2-10(13)3-5-11/h2-5,14H,6-9H2,1H3. The highest BCUT2D eigenvalue weighted by Crippen LogP contribution is 2.21. The van der Waals surface area contributed by atoms with Crippen molar-refractivity contribution in [1.82, 2.24) is 5.32 Å². The molecule has 3 nitrogen and oxygen atoms in total. The van der Waals surface area contributed by atoms with Gasteiger partial charge < -0.3 is 14.8 Å². The second kappa shape index (κ2) is 4.80. The minimum atomic E-state index is -0.253. The maximum atomic E-state index is 12.7. The molecule has 2 rings (SSSR count). The number of ether oxygens (including phenoxy) is 2. The first-order chi connectivity index (χ1) is 7.74. The molecule has 0 bridgehead atoms. The van der Waals surface area contributed by atoms with Gasteiger partial charge in [0.2, 0.25) is 0 Å². The molecule has 1 aromatic rings. The van der Waals surface area contributed by atoms with Crippen LogP contribution in [0.15, 0.2) is 24.3 Å². The van der Waals surface area contributed by atoms with Crippen molar-refractivity contribution < 1.29 is 13.9 Å². The summed E-state index contributed by atoms with van der Waals surface area (Å²) >= 11 is 0. The number of halogens is 1. The Bertz CT molecular complexity index is 333. The van der Waals surface area contributed by atoms with Crippen molar-refractivity contribution in [2.45, 2.75) is 12.0 Å². The van der Waals surface area contributed by atoms with Gasteiger partial charge >= 0.3 is 0 Å². The molecule has 0 amide bonds. The Morgan fingerprint density at radius 3 is 2.69 bits per heavy atom. The van der Waals surface area contributed by atoms with Gasteiger partial charge in [-0.25, -0.2) is 4.39 Å². The first kappa shape index (κ1) is 11.4. The van der Waals surface area contributed by atoms with Gasteiger partial charge in [-0.3, -0.25) is 0 Å². The smallest absolute Gasteiger partial charge is 0.123 e. The molecule has 1 atom stereocenters. The Morgan fingerprint density at radius 1 is 1.38 bits per heavy atom. The van der Waals surface area contributed by atoms with Crippen LogP contribution in [0.3, 0.4) is 0 Å². The molecule has 1 fully saturated rings. The van der Waals surface area contributed by atoms with E-state index >= 15 is 0 Å². The molecule has 4 heteroatoms. The van der Waals surface area contributed by atoms with E-state index in [4.69, 9.17) is 9.47 Å². The van der Waals surface area contributed by atoms with Gasteiger partial charge in [0, 0.05) is 13.7 Å². The van der Waals surface area contributed by atoms with Gasteiger partial charge in [-0.05, 0) is 37.2 Å². The topological polar surface area (TPSA) is 30.5 Å². The molecule has 1 aromatic carbocycles. The highest BCUT2D eigenvalue weighted by molar-refractivity contribution is 5.22. The molecule has 16 heavy (non-hydrogen) atoms. The predicted octanol–water partition coefficient (Wildman–Crippen LogP) is 1.58. The highest BCUT2D eigenvalue weighted by atomic mass is 19.1. The summed E-state index contributed by atoms with van der Waals surface area (Å²) in [4.78, 5) is 0. The van der Waals surface area contributed by atoms with Crippen molar-refractivity contribution in [2.24, 2.45) is 0 Å². The summed E-state index contributed by atoms with van der Waals surface area (Å²) in [5.41, 5.74) is -0.242. The lowest BCUT2D eigenvalue weighted by molar-refractivity contribution is -0.0282. The molecule has 0 aromatic heterocycles. The fourth-order valence-corrected chi connectivity index (χ4v) is 1.82. The van der Waals surface area contributed by atoms with Gasteiger partial charge in [0.1, 0.15) is 23.8 Å². The van der Waals surface area contributed by atoms with Crippen molar-refractivity contribution in [3.05, 3.63) is 30.1 Å². The summed E-state index contributed by atoms with van der Waals surface area (Å²) in [5, 5.41) is 3.24. The first-order valence-electron chi connectivity index (χ1n) is 5.38. The summed E-state index contributed by atoms with van der Waals surface area (Å²) in [5.74, 6) is 0.418. The molecular weight excluding hydrogens is 209 g/mol. The lowest BCUT2D eigenvalue weighted by Crippen LogP contribution is -2.40. The maximum Gasteiger partial charge on any atom is 0.123 e. The minimum absolute atomic E-state index is 0.242. The molecule has 1 heterocycles. The zero-order valence-electron chi connectivity index (χ0n) is 9.33. The number of hydrogen-bond donors (Lipinski definition) is 1. The maximum absolute atomic E-state index is 12.7. The van der Waals surface area contributed by atoms with Crippen LogP contribution in [-0.4, -0.2) is 32.4 Å². The number of rotatable bonds is 4. The normalized spacial score (nSPS) is 24.6.